The zero-order valence-electron chi connectivity index (χ0n) is 13.1. The minimum Gasteiger partial charge on any atom is -0.493 e. The Labute approximate surface area is 136 Å². The van der Waals surface area contributed by atoms with Crippen LogP contribution in [0.4, 0.5) is 0 Å². The quantitative estimate of drug-likeness (QED) is 0.903. The van der Waals surface area contributed by atoms with E-state index in [4.69, 9.17) is 26.8 Å². The number of rotatable bonds is 5. The predicted octanol–water partition coefficient (Wildman–Crippen LogP) is 2.70. The van der Waals surface area contributed by atoms with Crippen molar-refractivity contribution in [2.45, 2.75) is 32.2 Å². The highest BCUT2D eigenvalue weighted by Crippen LogP contribution is 2.37. The number of nitrogens with two attached hydrogens (primary N) is 1. The van der Waals surface area contributed by atoms with E-state index in [9.17, 15) is 4.79 Å². The molecule has 0 aromatic heterocycles. The second-order valence-corrected chi connectivity index (χ2v) is 5.87. The van der Waals surface area contributed by atoms with Crippen molar-refractivity contribution in [3.05, 3.63) is 22.7 Å². The van der Waals surface area contributed by atoms with E-state index in [0.717, 1.165) is 19.3 Å². The average Bonchev–Trinajstić information content (AvgIpc) is 2.53. The lowest BCUT2D eigenvalue weighted by Gasteiger charge is -2.30. The van der Waals surface area contributed by atoms with E-state index >= 15 is 0 Å². The molecule has 0 saturated carbocycles. The Morgan fingerprint density at radius 1 is 1.41 bits per heavy atom. The van der Waals surface area contributed by atoms with Gasteiger partial charge in [0.05, 0.1) is 18.7 Å². The summed E-state index contributed by atoms with van der Waals surface area (Å²) < 4.78 is 10.9. The van der Waals surface area contributed by atoms with Crippen molar-refractivity contribution < 1.29 is 14.3 Å². The van der Waals surface area contributed by atoms with Crippen LogP contribution in [0.1, 0.15) is 36.5 Å². The molecule has 0 radical (unpaired) electrons. The summed E-state index contributed by atoms with van der Waals surface area (Å²) >= 11 is 6.26. The Kier molecular flexibility index (Phi) is 5.91. The van der Waals surface area contributed by atoms with Gasteiger partial charge in [-0.15, -0.1) is 0 Å². The van der Waals surface area contributed by atoms with Gasteiger partial charge in [-0.1, -0.05) is 18.5 Å². The molecule has 0 atom stereocenters. The Morgan fingerprint density at radius 2 is 2.09 bits per heavy atom. The number of hydrogen-bond donors (Lipinski definition) is 1. The SMILES string of the molecule is CCCOc1c(Cl)cc(C(=O)N2CCC(N)CC2)cc1OC. The molecule has 1 saturated heterocycles. The number of amides is 1. The molecule has 2 N–H and O–H groups in total. The van der Waals surface area contributed by atoms with Crippen LogP contribution in [0.3, 0.4) is 0 Å². The zero-order chi connectivity index (χ0) is 16.1. The number of halogens is 1. The van der Waals surface area contributed by atoms with Crippen molar-refractivity contribution in [3.8, 4) is 11.5 Å². The number of carbonyl (C=O) groups excluding carboxylic acids is 1. The third-order valence-electron chi connectivity index (χ3n) is 3.75. The van der Waals surface area contributed by atoms with Gasteiger partial charge < -0.3 is 20.1 Å². The first-order valence-electron chi connectivity index (χ1n) is 7.62. The lowest BCUT2D eigenvalue weighted by atomic mass is 10.0. The summed E-state index contributed by atoms with van der Waals surface area (Å²) in [6.45, 7) is 3.91. The van der Waals surface area contributed by atoms with E-state index in [2.05, 4.69) is 0 Å². The van der Waals surface area contributed by atoms with Gasteiger partial charge in [-0.05, 0) is 31.4 Å². The number of piperidine rings is 1. The van der Waals surface area contributed by atoms with E-state index in [1.807, 2.05) is 6.92 Å². The van der Waals surface area contributed by atoms with Gasteiger partial charge in [-0.25, -0.2) is 0 Å². The van der Waals surface area contributed by atoms with E-state index in [1.54, 1.807) is 24.1 Å². The lowest BCUT2D eigenvalue weighted by Crippen LogP contribution is -2.42. The van der Waals surface area contributed by atoms with E-state index < -0.39 is 0 Å². The van der Waals surface area contributed by atoms with E-state index in [-0.39, 0.29) is 11.9 Å². The average molecular weight is 327 g/mol. The molecule has 2 rings (SSSR count). The lowest BCUT2D eigenvalue weighted by molar-refractivity contribution is 0.0714. The van der Waals surface area contributed by atoms with Crippen molar-refractivity contribution in [1.82, 2.24) is 4.90 Å². The number of ether oxygens (including phenoxy) is 2. The third-order valence-corrected chi connectivity index (χ3v) is 4.03. The Hall–Kier alpha value is -1.46. The number of hydrogen-bond acceptors (Lipinski definition) is 4. The Bertz CT molecular complexity index is 528. The van der Waals surface area contributed by atoms with Crippen LogP contribution in [0, 0.1) is 0 Å². The van der Waals surface area contributed by atoms with Gasteiger partial charge in [-0.2, -0.15) is 0 Å². The van der Waals surface area contributed by atoms with Crippen molar-refractivity contribution in [2.75, 3.05) is 26.8 Å². The second-order valence-electron chi connectivity index (χ2n) is 5.47. The summed E-state index contributed by atoms with van der Waals surface area (Å²) in [4.78, 5) is 14.4. The predicted molar refractivity (Wildman–Crippen MR) is 86.9 cm³/mol. The summed E-state index contributed by atoms with van der Waals surface area (Å²) in [5, 5.41) is 0.393. The van der Waals surface area contributed by atoms with Gasteiger partial charge in [0.1, 0.15) is 0 Å². The molecule has 1 fully saturated rings. The maximum atomic E-state index is 12.6. The first kappa shape index (κ1) is 16.9. The van der Waals surface area contributed by atoms with Crippen LogP contribution >= 0.6 is 11.6 Å². The van der Waals surface area contributed by atoms with Gasteiger partial charge in [-0.3, -0.25) is 4.79 Å². The molecular weight excluding hydrogens is 304 g/mol. The summed E-state index contributed by atoms with van der Waals surface area (Å²) in [5.41, 5.74) is 6.39. The molecule has 1 aliphatic rings. The Balaban J connectivity index is 2.20. The fourth-order valence-electron chi connectivity index (χ4n) is 2.47. The highest BCUT2D eigenvalue weighted by atomic mass is 35.5. The van der Waals surface area contributed by atoms with E-state index in [1.165, 1.54) is 0 Å². The molecule has 1 aromatic rings. The molecule has 0 unspecified atom stereocenters. The van der Waals surface area contributed by atoms with Gasteiger partial charge in [0.2, 0.25) is 0 Å². The number of carbonyl (C=O) groups is 1. The monoisotopic (exact) mass is 326 g/mol. The number of benzene rings is 1. The van der Waals surface area contributed by atoms with Gasteiger partial charge in [0, 0.05) is 24.7 Å². The first-order valence-corrected chi connectivity index (χ1v) is 7.99. The third kappa shape index (κ3) is 3.84. The highest BCUT2D eigenvalue weighted by molar-refractivity contribution is 6.32. The van der Waals surface area contributed by atoms with Crippen molar-refractivity contribution in [1.29, 1.82) is 0 Å². The molecule has 1 aromatic carbocycles. The Morgan fingerprint density at radius 3 is 2.68 bits per heavy atom. The number of nitrogens with zero attached hydrogens (tertiary/aromatic N) is 1. The molecule has 6 heteroatoms. The van der Waals surface area contributed by atoms with E-state index in [0.29, 0.717) is 41.8 Å². The van der Waals surface area contributed by atoms with Gasteiger partial charge >= 0.3 is 0 Å². The molecule has 0 aliphatic carbocycles. The fourth-order valence-corrected chi connectivity index (χ4v) is 2.74. The zero-order valence-corrected chi connectivity index (χ0v) is 13.9. The van der Waals surface area contributed by atoms with Crippen molar-refractivity contribution in [2.24, 2.45) is 5.73 Å². The maximum absolute atomic E-state index is 12.6. The molecule has 1 heterocycles. The number of likely N-dealkylation sites (tertiary alicyclic amines) is 1. The number of methoxy groups -OCH3 is 1. The smallest absolute Gasteiger partial charge is 0.254 e. The molecule has 122 valence electrons. The fraction of sp³-hybridized carbons (Fsp3) is 0.562. The van der Waals surface area contributed by atoms with Crippen LogP contribution in [0.5, 0.6) is 11.5 Å². The summed E-state index contributed by atoms with van der Waals surface area (Å²) in [5.74, 6) is 0.926. The van der Waals surface area contributed by atoms with Crippen LogP contribution in [0.15, 0.2) is 12.1 Å². The second kappa shape index (κ2) is 7.70. The molecule has 0 bridgehead atoms. The maximum Gasteiger partial charge on any atom is 0.254 e. The summed E-state index contributed by atoms with van der Waals surface area (Å²) in [7, 11) is 1.54. The van der Waals surface area contributed by atoms with Gasteiger partial charge in [0.25, 0.3) is 5.91 Å². The standard InChI is InChI=1S/C16H23ClN2O3/c1-3-8-22-15-13(17)9-11(10-14(15)21-2)16(20)19-6-4-12(18)5-7-19/h9-10,12H,3-8,18H2,1-2H3. The minimum atomic E-state index is -0.0471. The van der Waals surface area contributed by atoms with Crippen molar-refractivity contribution in [3.63, 3.8) is 0 Å². The normalized spacial score (nSPS) is 15.7. The van der Waals surface area contributed by atoms with Crippen molar-refractivity contribution >= 4 is 17.5 Å². The molecule has 1 aliphatic heterocycles. The first-order chi connectivity index (χ1) is 10.6. The molecule has 0 spiro atoms. The molecule has 1 amide bonds. The molecular formula is C16H23ClN2O3. The highest BCUT2D eigenvalue weighted by Gasteiger charge is 2.23. The summed E-state index contributed by atoms with van der Waals surface area (Å²) in [6, 6.07) is 3.52. The van der Waals surface area contributed by atoms with Crippen LogP contribution in [-0.4, -0.2) is 43.7 Å². The van der Waals surface area contributed by atoms with Crippen LogP contribution in [0.25, 0.3) is 0 Å². The molecule has 5 nitrogen and oxygen atoms in total. The van der Waals surface area contributed by atoms with Gasteiger partial charge in [0.15, 0.2) is 11.5 Å². The molecule has 22 heavy (non-hydrogen) atoms. The summed E-state index contributed by atoms with van der Waals surface area (Å²) in [6.07, 6.45) is 2.52. The topological polar surface area (TPSA) is 64.8 Å². The largest absolute Gasteiger partial charge is 0.493 e. The minimum absolute atomic E-state index is 0.0471. The van der Waals surface area contributed by atoms with Crippen LogP contribution in [-0.2, 0) is 0 Å². The van der Waals surface area contributed by atoms with Crippen LogP contribution in [0.2, 0.25) is 5.02 Å². The van der Waals surface area contributed by atoms with Crippen LogP contribution < -0.4 is 15.2 Å².